The molecule has 1 radical (unpaired) electrons. The van der Waals surface area contributed by atoms with E-state index in [0.29, 0.717) is 0 Å². The van der Waals surface area contributed by atoms with E-state index in [9.17, 15) is 0 Å². The third-order valence-electron chi connectivity index (χ3n) is 0. The molecule has 0 aromatic carbocycles. The molecule has 0 spiro atoms. The van der Waals surface area contributed by atoms with Crippen LogP contribution >= 0.6 is 19.0 Å². The van der Waals surface area contributed by atoms with Gasteiger partial charge in [-0.2, -0.15) is 0 Å². The average molecular weight is 113 g/mol. The lowest BCUT2D eigenvalue weighted by molar-refractivity contribution is 0.344. The van der Waals surface area contributed by atoms with E-state index in [2.05, 4.69) is 12.2 Å². The van der Waals surface area contributed by atoms with E-state index in [1.807, 2.05) is 0 Å². The Hall–Kier alpha value is 0.500. The van der Waals surface area contributed by atoms with Crippen LogP contribution in [0.15, 0.2) is 0 Å². The Bertz CT molecular complexity index is 53.0. The molecule has 0 aliphatic rings. The summed E-state index contributed by atoms with van der Waals surface area (Å²) in [7, 11) is 0. The van der Waals surface area contributed by atoms with Crippen molar-refractivity contribution in [3.8, 4) is 0 Å². The first-order valence-corrected chi connectivity index (χ1v) is 3.50. The highest BCUT2D eigenvalue weighted by atomic mass is 32.7. The standard InChI is InChI=1S/H2O3PS/c1-4(2,3)5/h(H2,1,2,5). The van der Waals surface area contributed by atoms with Crippen LogP contribution in [0, 0.1) is 0 Å². The summed E-state index contributed by atoms with van der Waals surface area (Å²) in [5, 5.41) is 0. The molecule has 0 amide bonds. The van der Waals surface area contributed by atoms with Crippen LogP contribution in [0.1, 0.15) is 0 Å². The van der Waals surface area contributed by atoms with Gasteiger partial charge in [0.2, 0.25) is 0 Å². The number of thiol groups is 1. The van der Waals surface area contributed by atoms with Crippen molar-refractivity contribution in [2.75, 3.05) is 0 Å². The van der Waals surface area contributed by atoms with Gasteiger partial charge in [-0.3, -0.25) is 0 Å². The molecule has 0 aromatic rings. The smallest absolute Gasteiger partial charge is 0.315 e. The van der Waals surface area contributed by atoms with Crippen LogP contribution in [0.2, 0.25) is 0 Å². The normalized spacial score (nSPS) is 11.8. The van der Waals surface area contributed by atoms with Crippen molar-refractivity contribution < 1.29 is 14.4 Å². The molecule has 0 rings (SSSR count). The molecule has 5 heavy (non-hydrogen) atoms. The second kappa shape index (κ2) is 1.30. The van der Waals surface area contributed by atoms with Gasteiger partial charge in [0.05, 0.1) is 0 Å². The van der Waals surface area contributed by atoms with Gasteiger partial charge in [0.15, 0.2) is 0 Å². The third-order valence-corrected chi connectivity index (χ3v) is 0. The minimum Gasteiger partial charge on any atom is -0.315 e. The van der Waals surface area contributed by atoms with Gasteiger partial charge in [-0.05, 0) is 0 Å². The Morgan fingerprint density at radius 2 is 1.80 bits per heavy atom. The van der Waals surface area contributed by atoms with Crippen LogP contribution in [0.3, 0.4) is 0 Å². The Kier molecular flexibility index (Phi) is 1.44. The van der Waals surface area contributed by atoms with E-state index in [4.69, 9.17) is 14.4 Å². The SMILES string of the molecule is [O]P(=O)(O)S. The van der Waals surface area contributed by atoms with Crippen LogP contribution < -0.4 is 0 Å². The van der Waals surface area contributed by atoms with Gasteiger partial charge in [-0.1, -0.05) is 12.2 Å². The quantitative estimate of drug-likeness (QED) is 0.354. The van der Waals surface area contributed by atoms with E-state index >= 15 is 0 Å². The molecule has 1 N–H and O–H groups in total. The van der Waals surface area contributed by atoms with E-state index < -0.39 is 6.80 Å². The van der Waals surface area contributed by atoms with Crippen molar-refractivity contribution >= 4 is 19.0 Å². The fourth-order valence-electron chi connectivity index (χ4n) is 0. The predicted molar refractivity (Wildman–Crippen MR) is 19.5 cm³/mol. The van der Waals surface area contributed by atoms with E-state index in [-0.39, 0.29) is 0 Å². The molecular formula is H2O3PS. The summed E-state index contributed by atoms with van der Waals surface area (Å²) in [5.41, 5.74) is 0. The van der Waals surface area contributed by atoms with Gasteiger partial charge >= 0.3 is 6.80 Å². The molecule has 0 aliphatic heterocycles. The van der Waals surface area contributed by atoms with Crippen LogP contribution in [0.5, 0.6) is 0 Å². The summed E-state index contributed by atoms with van der Waals surface area (Å²) < 4.78 is 9.08. The minimum absolute atomic E-state index is 2.68. The molecule has 0 saturated heterocycles. The van der Waals surface area contributed by atoms with Crippen molar-refractivity contribution in [3.05, 3.63) is 0 Å². The summed E-state index contributed by atoms with van der Waals surface area (Å²) in [6, 6.07) is 0. The van der Waals surface area contributed by atoms with Crippen LogP contribution in [-0.2, 0) is 9.46 Å². The van der Waals surface area contributed by atoms with E-state index in [0.717, 1.165) is 0 Å². The summed E-state index contributed by atoms with van der Waals surface area (Å²) >= 11 is 2.68. The highest BCUT2D eigenvalue weighted by Crippen LogP contribution is 2.40. The van der Waals surface area contributed by atoms with E-state index in [1.54, 1.807) is 0 Å². The maximum Gasteiger partial charge on any atom is 0.410 e. The first-order chi connectivity index (χ1) is 2.00. The maximum absolute atomic E-state index is 9.08. The zero-order chi connectivity index (χ0) is 4.50. The fourth-order valence-corrected chi connectivity index (χ4v) is 0. The summed E-state index contributed by atoms with van der Waals surface area (Å²) in [5.74, 6) is 0. The Morgan fingerprint density at radius 3 is 1.80 bits per heavy atom. The van der Waals surface area contributed by atoms with Gasteiger partial charge in [0.25, 0.3) is 0 Å². The second-order valence-corrected chi connectivity index (χ2v) is 2.99. The Balaban J connectivity index is 3.47. The Labute approximate surface area is 34.3 Å². The molecule has 0 heterocycles. The fraction of sp³-hybridized carbons (Fsp3) is 0. The molecule has 0 fully saturated rings. The molecule has 1 atom stereocenters. The van der Waals surface area contributed by atoms with Crippen molar-refractivity contribution in [1.82, 2.24) is 0 Å². The lowest BCUT2D eigenvalue weighted by atomic mass is 15.8. The van der Waals surface area contributed by atoms with Gasteiger partial charge in [0, 0.05) is 0 Å². The van der Waals surface area contributed by atoms with Crippen molar-refractivity contribution in [2.45, 2.75) is 0 Å². The molecule has 3 nitrogen and oxygen atoms in total. The molecule has 0 aliphatic carbocycles. The van der Waals surface area contributed by atoms with Crippen LogP contribution in [0.4, 0.5) is 0 Å². The first-order valence-electron chi connectivity index (χ1n) is 0.765. The average Bonchev–Trinajstić information content (AvgIpc) is 0.722. The monoisotopic (exact) mass is 113 g/mol. The third kappa shape index (κ3) is 112. The van der Waals surface area contributed by atoms with Gasteiger partial charge in [-0.15, -0.1) is 4.89 Å². The van der Waals surface area contributed by atoms with Gasteiger partial charge < -0.3 is 4.89 Å². The highest BCUT2D eigenvalue weighted by molar-refractivity contribution is 8.43. The number of hydrogen-bond donors (Lipinski definition) is 2. The Morgan fingerprint density at radius 1 is 1.80 bits per heavy atom. The maximum atomic E-state index is 9.08. The molecule has 5 heteroatoms. The minimum atomic E-state index is -4.19. The first kappa shape index (κ1) is 5.50. The summed E-state index contributed by atoms with van der Waals surface area (Å²) in [6.07, 6.45) is 0. The molecule has 1 unspecified atom stereocenters. The zero-order valence-electron chi connectivity index (χ0n) is 2.16. The summed E-state index contributed by atoms with van der Waals surface area (Å²) in [4.78, 5) is 16.5. The summed E-state index contributed by atoms with van der Waals surface area (Å²) in [6.45, 7) is -4.19. The molecule has 0 saturated carbocycles. The van der Waals surface area contributed by atoms with Crippen LogP contribution in [0.25, 0.3) is 0 Å². The molecular weight excluding hydrogens is 111 g/mol. The largest absolute Gasteiger partial charge is 0.410 e. The van der Waals surface area contributed by atoms with Gasteiger partial charge in [-0.25, -0.2) is 4.57 Å². The van der Waals surface area contributed by atoms with E-state index in [1.165, 1.54) is 0 Å². The van der Waals surface area contributed by atoms with Gasteiger partial charge in [0.1, 0.15) is 0 Å². The predicted octanol–water partition coefficient (Wildman–Crippen LogP) is 0.447. The number of rotatable bonds is 0. The van der Waals surface area contributed by atoms with Crippen molar-refractivity contribution in [3.63, 3.8) is 0 Å². The highest BCUT2D eigenvalue weighted by Gasteiger charge is 2.01. The lowest BCUT2D eigenvalue weighted by Gasteiger charge is -1.78. The lowest BCUT2D eigenvalue weighted by Crippen LogP contribution is -1.50. The molecule has 0 bridgehead atoms. The van der Waals surface area contributed by atoms with Crippen LogP contribution in [-0.4, -0.2) is 4.89 Å². The number of hydrogen-bond acceptors (Lipinski definition) is 1. The second-order valence-electron chi connectivity index (χ2n) is 0.491. The molecule has 0 aromatic heterocycles. The van der Waals surface area contributed by atoms with Crippen molar-refractivity contribution in [1.29, 1.82) is 0 Å². The molecule has 31 valence electrons. The van der Waals surface area contributed by atoms with Crippen molar-refractivity contribution in [2.24, 2.45) is 0 Å². The zero-order valence-corrected chi connectivity index (χ0v) is 3.95. The topological polar surface area (TPSA) is 57.2 Å².